The van der Waals surface area contributed by atoms with Crippen LogP contribution in [-0.2, 0) is 0 Å². The first-order chi connectivity index (χ1) is 14.6. The van der Waals surface area contributed by atoms with E-state index in [1.54, 1.807) is 13.2 Å². The molecule has 6 heteroatoms. The molecule has 0 bridgehead atoms. The molecule has 2 aromatic rings. The highest BCUT2D eigenvalue weighted by Gasteiger charge is 2.52. The first-order valence-corrected chi connectivity index (χ1v) is 10.9. The van der Waals surface area contributed by atoms with Crippen molar-refractivity contribution in [3.8, 4) is 17.2 Å². The van der Waals surface area contributed by atoms with E-state index in [0.29, 0.717) is 0 Å². The van der Waals surface area contributed by atoms with Crippen molar-refractivity contribution in [3.63, 3.8) is 0 Å². The molecule has 1 saturated heterocycles. The summed E-state index contributed by atoms with van der Waals surface area (Å²) in [6, 6.07) is 13.6. The number of methoxy groups -OCH3 is 1. The number of rotatable bonds is 4. The highest BCUT2D eigenvalue weighted by Crippen LogP contribution is 2.52. The molecule has 3 heterocycles. The number of hydrogen-bond acceptors (Lipinski definition) is 6. The molecule has 0 unspecified atom stereocenters. The smallest absolute Gasteiger partial charge is 0.200 e. The topological polar surface area (TPSA) is 57.5 Å². The van der Waals surface area contributed by atoms with E-state index in [1.165, 1.54) is 0 Å². The molecule has 1 N–H and O–H groups in total. The Bertz CT molecular complexity index is 966. The molecule has 30 heavy (non-hydrogen) atoms. The lowest BCUT2D eigenvalue weighted by molar-refractivity contribution is -0.150. The minimum Gasteiger partial charge on any atom is -0.507 e. The van der Waals surface area contributed by atoms with E-state index in [-0.39, 0.29) is 11.8 Å². The maximum Gasteiger partial charge on any atom is 0.200 e. The van der Waals surface area contributed by atoms with Gasteiger partial charge in [-0.25, -0.2) is 5.01 Å². The third kappa shape index (κ3) is 3.01. The molecule has 1 spiro atoms. The molecule has 0 amide bonds. The Hall–Kier alpha value is -2.73. The van der Waals surface area contributed by atoms with E-state index in [4.69, 9.17) is 14.6 Å². The van der Waals surface area contributed by atoms with Gasteiger partial charge in [-0.3, -0.25) is 0 Å². The van der Waals surface area contributed by atoms with Gasteiger partial charge in [-0.15, -0.1) is 0 Å². The van der Waals surface area contributed by atoms with Crippen LogP contribution in [0.4, 0.5) is 0 Å². The number of phenolic OH excluding ortho intramolecular Hbond substituents is 1. The van der Waals surface area contributed by atoms with Crippen molar-refractivity contribution >= 4 is 5.71 Å². The van der Waals surface area contributed by atoms with E-state index in [1.807, 2.05) is 30.3 Å². The van der Waals surface area contributed by atoms with Crippen LogP contribution in [0, 0.1) is 0 Å². The summed E-state index contributed by atoms with van der Waals surface area (Å²) in [5.74, 6) is 1.90. The third-order valence-electron chi connectivity index (χ3n) is 6.60. The van der Waals surface area contributed by atoms with Gasteiger partial charge in [0.1, 0.15) is 5.75 Å². The molecular formula is C24H29N3O3. The highest BCUT2D eigenvalue weighted by atomic mass is 16.5. The van der Waals surface area contributed by atoms with Crippen LogP contribution in [0.15, 0.2) is 47.6 Å². The van der Waals surface area contributed by atoms with E-state index in [0.717, 1.165) is 73.7 Å². The van der Waals surface area contributed by atoms with Crippen LogP contribution in [0.3, 0.4) is 0 Å². The molecule has 158 valence electrons. The quantitative estimate of drug-likeness (QED) is 0.825. The zero-order valence-corrected chi connectivity index (χ0v) is 17.7. The summed E-state index contributed by atoms with van der Waals surface area (Å²) in [7, 11) is 1.69. The first kappa shape index (κ1) is 19.2. The standard InChI is InChI=1S/C24H29N3O3/c1-3-13-26-14-11-24(12-15-26)27-20(18-8-6-10-22(29-2)23(18)30-24)16-19(25-27)17-7-4-5-9-21(17)28/h4-10,20,28H,3,11-16H2,1-2H3/t20-/m0/s1. The number of piperidine rings is 1. The molecule has 6 nitrogen and oxygen atoms in total. The predicted octanol–water partition coefficient (Wildman–Crippen LogP) is 4.15. The fraction of sp³-hybridized carbons (Fsp3) is 0.458. The van der Waals surface area contributed by atoms with Crippen LogP contribution < -0.4 is 9.47 Å². The van der Waals surface area contributed by atoms with E-state index in [9.17, 15) is 5.11 Å². The van der Waals surface area contributed by atoms with Gasteiger partial charge in [0, 0.05) is 43.5 Å². The van der Waals surface area contributed by atoms with Crippen LogP contribution in [0.5, 0.6) is 17.2 Å². The molecule has 0 saturated carbocycles. The van der Waals surface area contributed by atoms with Crippen molar-refractivity contribution in [3.05, 3.63) is 53.6 Å². The molecule has 1 fully saturated rings. The van der Waals surface area contributed by atoms with Gasteiger partial charge in [-0.2, -0.15) is 5.10 Å². The monoisotopic (exact) mass is 407 g/mol. The lowest BCUT2D eigenvalue weighted by atomic mass is 9.90. The highest BCUT2D eigenvalue weighted by molar-refractivity contribution is 6.04. The number of phenols is 1. The van der Waals surface area contributed by atoms with Gasteiger partial charge in [0.15, 0.2) is 11.5 Å². The molecule has 0 radical (unpaired) electrons. The number of hydrazone groups is 1. The maximum atomic E-state index is 10.4. The van der Waals surface area contributed by atoms with Crippen LogP contribution in [0.1, 0.15) is 49.8 Å². The molecule has 2 aromatic carbocycles. The summed E-state index contributed by atoms with van der Waals surface area (Å²) in [5, 5.41) is 17.6. The summed E-state index contributed by atoms with van der Waals surface area (Å²) in [5.41, 5.74) is 2.33. The molecule has 1 atom stereocenters. The summed E-state index contributed by atoms with van der Waals surface area (Å²) in [4.78, 5) is 2.51. The first-order valence-electron chi connectivity index (χ1n) is 10.9. The number of fused-ring (bicyclic) bond motifs is 4. The number of hydrogen-bond donors (Lipinski definition) is 1. The zero-order chi connectivity index (χ0) is 20.7. The second-order valence-electron chi connectivity index (χ2n) is 8.40. The second-order valence-corrected chi connectivity index (χ2v) is 8.40. The van der Waals surface area contributed by atoms with Crippen molar-refractivity contribution in [2.75, 3.05) is 26.7 Å². The lowest BCUT2D eigenvalue weighted by Crippen LogP contribution is -2.59. The molecular weight excluding hydrogens is 378 g/mol. The largest absolute Gasteiger partial charge is 0.507 e. The fourth-order valence-electron chi connectivity index (χ4n) is 5.08. The Labute approximate surface area is 177 Å². The zero-order valence-electron chi connectivity index (χ0n) is 17.7. The summed E-state index contributed by atoms with van der Waals surface area (Å²) in [6.07, 6.45) is 3.67. The average molecular weight is 408 g/mol. The molecule has 0 aliphatic carbocycles. The number of aromatic hydroxyl groups is 1. The molecule has 3 aliphatic rings. The minimum atomic E-state index is -0.483. The summed E-state index contributed by atoms with van der Waals surface area (Å²) < 4.78 is 12.4. The van der Waals surface area contributed by atoms with E-state index < -0.39 is 5.72 Å². The van der Waals surface area contributed by atoms with E-state index >= 15 is 0 Å². The van der Waals surface area contributed by atoms with Gasteiger partial charge >= 0.3 is 0 Å². The normalized spacial score (nSPS) is 22.3. The number of nitrogens with zero attached hydrogens (tertiary/aromatic N) is 3. The van der Waals surface area contributed by atoms with Crippen LogP contribution in [-0.4, -0.2) is 53.2 Å². The maximum absolute atomic E-state index is 10.4. The van der Waals surface area contributed by atoms with Gasteiger partial charge in [0.25, 0.3) is 0 Å². The van der Waals surface area contributed by atoms with Gasteiger partial charge in [-0.1, -0.05) is 31.2 Å². The van der Waals surface area contributed by atoms with Gasteiger partial charge < -0.3 is 19.5 Å². The average Bonchev–Trinajstić information content (AvgIpc) is 3.22. The predicted molar refractivity (Wildman–Crippen MR) is 116 cm³/mol. The summed E-state index contributed by atoms with van der Waals surface area (Å²) in [6.45, 7) is 5.32. The van der Waals surface area contributed by atoms with Crippen LogP contribution in [0.25, 0.3) is 0 Å². The molecule has 3 aliphatic heterocycles. The Morgan fingerprint density at radius 2 is 1.97 bits per heavy atom. The van der Waals surface area contributed by atoms with E-state index in [2.05, 4.69) is 22.9 Å². The van der Waals surface area contributed by atoms with Gasteiger partial charge in [-0.05, 0) is 31.2 Å². The molecule has 0 aromatic heterocycles. The SMILES string of the molecule is CCCN1CCC2(CC1)Oc1c(OC)cccc1[C@@H]1CC(c3ccccc3O)=NN12. The van der Waals surface area contributed by atoms with Crippen molar-refractivity contribution in [1.82, 2.24) is 9.91 Å². The fourth-order valence-corrected chi connectivity index (χ4v) is 5.08. The molecule has 5 rings (SSSR count). The number of likely N-dealkylation sites (tertiary alicyclic amines) is 1. The van der Waals surface area contributed by atoms with Crippen molar-refractivity contribution in [2.45, 2.75) is 44.4 Å². The second kappa shape index (κ2) is 7.51. The third-order valence-corrected chi connectivity index (χ3v) is 6.60. The number of ether oxygens (including phenoxy) is 2. The van der Waals surface area contributed by atoms with Crippen LogP contribution in [0.2, 0.25) is 0 Å². The Kier molecular flexibility index (Phi) is 4.82. The lowest BCUT2D eigenvalue weighted by Gasteiger charge is -2.51. The number of benzene rings is 2. The van der Waals surface area contributed by atoms with Gasteiger partial charge in [0.2, 0.25) is 5.72 Å². The Balaban J connectivity index is 1.56. The number of para-hydroxylation sites is 2. The Morgan fingerprint density at radius 1 is 1.17 bits per heavy atom. The van der Waals surface area contributed by atoms with Crippen LogP contribution >= 0.6 is 0 Å². The van der Waals surface area contributed by atoms with Gasteiger partial charge in [0.05, 0.1) is 18.9 Å². The van der Waals surface area contributed by atoms with Crippen molar-refractivity contribution in [1.29, 1.82) is 0 Å². The summed E-state index contributed by atoms with van der Waals surface area (Å²) >= 11 is 0. The van der Waals surface area contributed by atoms with Crippen molar-refractivity contribution < 1.29 is 14.6 Å². The van der Waals surface area contributed by atoms with Crippen molar-refractivity contribution in [2.24, 2.45) is 5.10 Å². The Morgan fingerprint density at radius 3 is 2.70 bits per heavy atom. The minimum absolute atomic E-state index is 0.0798.